The highest BCUT2D eigenvalue weighted by atomic mass is 19.1. The minimum absolute atomic E-state index is 0.131. The van der Waals surface area contributed by atoms with E-state index in [1.54, 1.807) is 11.0 Å². The fourth-order valence-corrected chi connectivity index (χ4v) is 1.99. The quantitative estimate of drug-likeness (QED) is 0.595. The normalized spacial score (nSPS) is 16.8. The third-order valence-electron chi connectivity index (χ3n) is 2.94. The van der Waals surface area contributed by atoms with Crippen molar-refractivity contribution in [3.63, 3.8) is 0 Å². The smallest absolute Gasteiger partial charge is 0.327 e. The number of nitrogens with zero attached hydrogens (tertiary/aromatic N) is 1. The summed E-state index contributed by atoms with van der Waals surface area (Å²) < 4.78 is 17.4. The second kappa shape index (κ2) is 5.27. The maximum atomic E-state index is 12.9. The van der Waals surface area contributed by atoms with Crippen LogP contribution in [0.2, 0.25) is 0 Å². The van der Waals surface area contributed by atoms with Crippen molar-refractivity contribution in [1.29, 1.82) is 0 Å². The molecular weight excluding hydrogens is 237 g/mol. The van der Waals surface area contributed by atoms with Crippen LogP contribution >= 0.6 is 0 Å². The molecule has 1 aliphatic rings. The van der Waals surface area contributed by atoms with Crippen LogP contribution in [0.25, 0.3) is 0 Å². The first kappa shape index (κ1) is 12.7. The average molecular weight is 251 g/mol. The topological polar surface area (TPSA) is 46.6 Å². The second-order valence-corrected chi connectivity index (χ2v) is 4.38. The molecule has 0 bridgehead atoms. The molecule has 96 valence electrons. The maximum Gasteiger partial charge on any atom is 0.327 e. The van der Waals surface area contributed by atoms with Gasteiger partial charge in [0.1, 0.15) is 5.82 Å². The van der Waals surface area contributed by atoms with Crippen LogP contribution in [0.3, 0.4) is 0 Å². The first-order valence-corrected chi connectivity index (χ1v) is 5.75. The number of aryl methyl sites for hydroxylation is 1. The Labute approximate surface area is 104 Å². The Kier molecular flexibility index (Phi) is 3.72. The third-order valence-corrected chi connectivity index (χ3v) is 2.94. The lowest BCUT2D eigenvalue weighted by atomic mass is 10.1. The highest BCUT2D eigenvalue weighted by Crippen LogP contribution is 2.12. The molecule has 0 unspecified atom stereocenters. The van der Waals surface area contributed by atoms with E-state index in [0.717, 1.165) is 11.1 Å². The minimum Gasteiger partial charge on any atom is -0.391 e. The largest absolute Gasteiger partial charge is 0.391 e. The van der Waals surface area contributed by atoms with Crippen LogP contribution in [0.5, 0.6) is 0 Å². The Morgan fingerprint density at radius 1 is 1.28 bits per heavy atom. The van der Waals surface area contributed by atoms with Gasteiger partial charge in [0.2, 0.25) is 0 Å². The van der Waals surface area contributed by atoms with Crippen molar-refractivity contribution >= 4 is 11.9 Å². The summed E-state index contributed by atoms with van der Waals surface area (Å²) in [5.74, 6) is -1.28. The van der Waals surface area contributed by atoms with Gasteiger partial charge in [-0.2, -0.15) is 0 Å². The number of hydrogen-bond acceptors (Lipinski definition) is 4. The van der Waals surface area contributed by atoms with Gasteiger partial charge in [0, 0.05) is 6.54 Å². The van der Waals surface area contributed by atoms with Crippen LogP contribution < -0.4 is 0 Å². The monoisotopic (exact) mass is 251 g/mol. The summed E-state index contributed by atoms with van der Waals surface area (Å²) in [7, 11) is 0. The molecule has 0 amide bonds. The molecule has 0 aromatic heterocycles. The molecule has 2 rings (SSSR count). The Hall–Kier alpha value is -1.75. The van der Waals surface area contributed by atoms with Crippen molar-refractivity contribution in [1.82, 2.24) is 4.90 Å². The van der Waals surface area contributed by atoms with Crippen LogP contribution in [-0.2, 0) is 20.7 Å². The number of ether oxygens (including phenoxy) is 1. The Morgan fingerprint density at radius 3 is 2.56 bits per heavy atom. The number of morpholine rings is 1. The van der Waals surface area contributed by atoms with Gasteiger partial charge >= 0.3 is 11.9 Å². The summed E-state index contributed by atoms with van der Waals surface area (Å²) in [6, 6.07) is 4.62. The van der Waals surface area contributed by atoms with Crippen molar-refractivity contribution in [2.24, 2.45) is 0 Å². The van der Waals surface area contributed by atoms with Crippen LogP contribution in [0.4, 0.5) is 4.39 Å². The molecule has 1 heterocycles. The highest BCUT2D eigenvalue weighted by Gasteiger charge is 2.24. The zero-order valence-corrected chi connectivity index (χ0v) is 10.1. The summed E-state index contributed by atoms with van der Waals surface area (Å²) in [5, 5.41) is 0. The molecule has 0 saturated carbocycles. The average Bonchev–Trinajstić information content (AvgIpc) is 2.26. The lowest BCUT2D eigenvalue weighted by Gasteiger charge is -2.24. The van der Waals surface area contributed by atoms with Crippen molar-refractivity contribution in [3.8, 4) is 0 Å². The SMILES string of the molecule is Cc1cc(F)ccc1CCN1CC(=O)OC(=O)C1. The van der Waals surface area contributed by atoms with E-state index in [4.69, 9.17) is 0 Å². The molecule has 18 heavy (non-hydrogen) atoms. The molecule has 1 aromatic rings. The van der Waals surface area contributed by atoms with Gasteiger partial charge in [-0.05, 0) is 36.6 Å². The van der Waals surface area contributed by atoms with Crippen LogP contribution in [0.15, 0.2) is 18.2 Å². The van der Waals surface area contributed by atoms with Gasteiger partial charge < -0.3 is 4.74 Å². The number of carbonyl (C=O) groups excluding carboxylic acids is 2. The molecule has 0 N–H and O–H groups in total. The number of cyclic esters (lactones) is 2. The zero-order valence-electron chi connectivity index (χ0n) is 10.1. The molecule has 0 aliphatic carbocycles. The Morgan fingerprint density at radius 2 is 1.94 bits per heavy atom. The van der Waals surface area contributed by atoms with Crippen LogP contribution in [-0.4, -0.2) is 36.5 Å². The predicted molar refractivity (Wildman–Crippen MR) is 62.4 cm³/mol. The zero-order chi connectivity index (χ0) is 13.1. The Balaban J connectivity index is 1.95. The van der Waals surface area contributed by atoms with E-state index in [-0.39, 0.29) is 18.9 Å². The maximum absolute atomic E-state index is 12.9. The van der Waals surface area contributed by atoms with Crippen molar-refractivity contribution in [2.45, 2.75) is 13.3 Å². The van der Waals surface area contributed by atoms with E-state index in [1.807, 2.05) is 6.92 Å². The van der Waals surface area contributed by atoms with E-state index in [1.165, 1.54) is 12.1 Å². The molecule has 1 aromatic carbocycles. The number of esters is 2. The number of halogens is 1. The van der Waals surface area contributed by atoms with Crippen LogP contribution in [0.1, 0.15) is 11.1 Å². The standard InChI is InChI=1S/C13H14FNO3/c1-9-6-11(14)3-2-10(9)4-5-15-7-12(16)18-13(17)8-15/h2-3,6H,4-5,7-8H2,1H3. The third kappa shape index (κ3) is 3.13. The van der Waals surface area contributed by atoms with Gasteiger partial charge in [0.15, 0.2) is 0 Å². The van der Waals surface area contributed by atoms with Crippen LogP contribution in [0, 0.1) is 12.7 Å². The summed E-state index contributed by atoms with van der Waals surface area (Å²) in [6.07, 6.45) is 0.673. The molecule has 5 heteroatoms. The van der Waals surface area contributed by atoms with E-state index < -0.39 is 11.9 Å². The molecule has 0 radical (unpaired) electrons. The molecule has 4 nitrogen and oxygen atoms in total. The van der Waals surface area contributed by atoms with Gasteiger partial charge in [-0.1, -0.05) is 6.07 Å². The molecule has 0 spiro atoms. The predicted octanol–water partition coefficient (Wildman–Crippen LogP) is 1.06. The van der Waals surface area contributed by atoms with Gasteiger partial charge in [-0.15, -0.1) is 0 Å². The van der Waals surface area contributed by atoms with E-state index >= 15 is 0 Å². The fourth-order valence-electron chi connectivity index (χ4n) is 1.99. The van der Waals surface area contributed by atoms with Gasteiger partial charge in [-0.25, -0.2) is 4.39 Å². The molecule has 1 saturated heterocycles. The lowest BCUT2D eigenvalue weighted by molar-refractivity contribution is -0.166. The lowest BCUT2D eigenvalue weighted by Crippen LogP contribution is -2.43. The second-order valence-electron chi connectivity index (χ2n) is 4.38. The fraction of sp³-hybridized carbons (Fsp3) is 0.385. The van der Waals surface area contributed by atoms with Crippen molar-refractivity contribution in [3.05, 3.63) is 35.1 Å². The summed E-state index contributed by atoms with van der Waals surface area (Å²) >= 11 is 0. The molecule has 1 fully saturated rings. The highest BCUT2D eigenvalue weighted by molar-refractivity contribution is 5.90. The van der Waals surface area contributed by atoms with E-state index in [0.29, 0.717) is 13.0 Å². The first-order chi connectivity index (χ1) is 8.54. The number of carbonyl (C=O) groups is 2. The molecule has 0 atom stereocenters. The first-order valence-electron chi connectivity index (χ1n) is 5.75. The number of hydrogen-bond donors (Lipinski definition) is 0. The van der Waals surface area contributed by atoms with E-state index in [9.17, 15) is 14.0 Å². The Bertz CT molecular complexity index is 471. The molecular formula is C13H14FNO3. The minimum atomic E-state index is -0.512. The van der Waals surface area contributed by atoms with Gasteiger partial charge in [-0.3, -0.25) is 14.5 Å². The summed E-state index contributed by atoms with van der Waals surface area (Å²) in [5.41, 5.74) is 1.89. The van der Waals surface area contributed by atoms with Crippen molar-refractivity contribution < 1.29 is 18.7 Å². The number of benzene rings is 1. The van der Waals surface area contributed by atoms with Gasteiger partial charge in [0.05, 0.1) is 13.1 Å². The summed E-state index contributed by atoms with van der Waals surface area (Å²) in [4.78, 5) is 23.9. The van der Waals surface area contributed by atoms with E-state index in [2.05, 4.69) is 4.74 Å². The van der Waals surface area contributed by atoms with Gasteiger partial charge in [0.25, 0.3) is 0 Å². The molecule has 1 aliphatic heterocycles. The summed E-state index contributed by atoms with van der Waals surface area (Å²) in [6.45, 7) is 2.68. The van der Waals surface area contributed by atoms with Crippen molar-refractivity contribution in [2.75, 3.05) is 19.6 Å². The number of rotatable bonds is 3.